The Morgan fingerprint density at radius 1 is 1.23 bits per heavy atom. The van der Waals surface area contributed by atoms with Crippen molar-refractivity contribution in [1.82, 2.24) is 0 Å². The summed E-state index contributed by atoms with van der Waals surface area (Å²) >= 11 is 0. The molecule has 1 spiro atoms. The van der Waals surface area contributed by atoms with Gasteiger partial charge in [-0.3, -0.25) is 0 Å². The van der Waals surface area contributed by atoms with Crippen LogP contribution in [-0.2, 0) is 5.41 Å². The van der Waals surface area contributed by atoms with E-state index in [9.17, 15) is 4.39 Å². The summed E-state index contributed by atoms with van der Waals surface area (Å²) in [5, 5.41) is 3.26. The molecule has 2 aliphatic rings. The minimum absolute atomic E-state index is 0.0257. The van der Waals surface area contributed by atoms with Crippen molar-refractivity contribution < 1.29 is 4.39 Å². The zero-order valence-corrected chi connectivity index (χ0v) is 7.44. The molecule has 0 saturated heterocycles. The number of fused-ring (bicyclic) bond motifs is 2. The van der Waals surface area contributed by atoms with Crippen LogP contribution in [0.2, 0.25) is 0 Å². The lowest BCUT2D eigenvalue weighted by atomic mass is 9.87. The summed E-state index contributed by atoms with van der Waals surface area (Å²) in [5.74, 6) is -0.0257. The number of rotatable bonds is 0. The van der Waals surface area contributed by atoms with Crippen LogP contribution >= 0.6 is 0 Å². The summed E-state index contributed by atoms with van der Waals surface area (Å²) in [4.78, 5) is 0. The van der Waals surface area contributed by atoms with Crippen LogP contribution in [0.3, 0.4) is 0 Å². The molecule has 1 saturated carbocycles. The van der Waals surface area contributed by atoms with Crippen molar-refractivity contribution in [2.45, 2.75) is 24.7 Å². The van der Waals surface area contributed by atoms with E-state index in [0.717, 1.165) is 24.2 Å². The molecule has 0 unspecified atom stereocenters. The molecule has 0 atom stereocenters. The summed E-state index contributed by atoms with van der Waals surface area (Å²) in [5.41, 5.74) is 2.18. The fourth-order valence-corrected chi connectivity index (χ4v) is 2.42. The van der Waals surface area contributed by atoms with Gasteiger partial charge in [0.25, 0.3) is 0 Å². The zero-order valence-electron chi connectivity index (χ0n) is 7.44. The van der Waals surface area contributed by atoms with Crippen LogP contribution in [0.4, 0.5) is 10.1 Å². The van der Waals surface area contributed by atoms with E-state index in [1.807, 2.05) is 6.07 Å². The van der Waals surface area contributed by atoms with Gasteiger partial charge in [0.05, 0.1) is 0 Å². The van der Waals surface area contributed by atoms with Crippen LogP contribution in [0.15, 0.2) is 18.2 Å². The number of halogens is 1. The first-order chi connectivity index (χ1) is 6.32. The van der Waals surface area contributed by atoms with Gasteiger partial charge in [-0.1, -0.05) is 6.07 Å². The summed E-state index contributed by atoms with van der Waals surface area (Å²) in [6.07, 6.45) is 3.44. The molecule has 0 amide bonds. The lowest BCUT2D eigenvalue weighted by Crippen LogP contribution is -2.23. The van der Waals surface area contributed by atoms with E-state index < -0.39 is 0 Å². The molecule has 0 radical (unpaired) electrons. The second-order valence-corrected chi connectivity index (χ2v) is 4.12. The Bertz CT molecular complexity index is 355. The van der Waals surface area contributed by atoms with Gasteiger partial charge in [-0.05, 0) is 31.4 Å². The van der Waals surface area contributed by atoms with E-state index >= 15 is 0 Å². The molecular formula is C11H12FN. The quantitative estimate of drug-likeness (QED) is 0.642. The molecule has 1 fully saturated rings. The Morgan fingerprint density at radius 3 is 2.85 bits per heavy atom. The first-order valence-corrected chi connectivity index (χ1v) is 4.85. The molecular weight excluding hydrogens is 165 g/mol. The van der Waals surface area contributed by atoms with E-state index in [0.29, 0.717) is 0 Å². The van der Waals surface area contributed by atoms with Crippen molar-refractivity contribution in [3.63, 3.8) is 0 Å². The average Bonchev–Trinajstić information content (AvgIpc) is 2.86. The molecule has 1 N–H and O–H groups in total. The average molecular weight is 177 g/mol. The topological polar surface area (TPSA) is 12.0 Å². The predicted octanol–water partition coefficient (Wildman–Crippen LogP) is 2.67. The first kappa shape index (κ1) is 7.36. The number of hydrogen-bond acceptors (Lipinski definition) is 1. The Hall–Kier alpha value is -1.05. The summed E-state index contributed by atoms with van der Waals surface area (Å²) in [6.45, 7) is 0.996. The molecule has 1 aliphatic heterocycles. The lowest BCUT2D eigenvalue weighted by Gasteiger charge is -2.26. The van der Waals surface area contributed by atoms with Crippen molar-refractivity contribution in [2.75, 3.05) is 11.9 Å². The van der Waals surface area contributed by atoms with Crippen molar-refractivity contribution in [1.29, 1.82) is 0 Å². The second-order valence-electron chi connectivity index (χ2n) is 4.12. The SMILES string of the molecule is Fc1cccc2c1C1(CCN2)CC1. The molecule has 1 nitrogen and oxygen atoms in total. The van der Waals surface area contributed by atoms with Gasteiger partial charge in [0.2, 0.25) is 0 Å². The smallest absolute Gasteiger partial charge is 0.129 e. The maximum absolute atomic E-state index is 13.6. The highest BCUT2D eigenvalue weighted by Gasteiger charge is 2.48. The van der Waals surface area contributed by atoms with Crippen molar-refractivity contribution in [3.8, 4) is 0 Å². The number of anilines is 1. The van der Waals surface area contributed by atoms with Gasteiger partial charge in [0, 0.05) is 23.2 Å². The Labute approximate surface area is 77.0 Å². The normalized spacial score (nSPS) is 22.2. The fraction of sp³-hybridized carbons (Fsp3) is 0.455. The van der Waals surface area contributed by atoms with Crippen LogP contribution < -0.4 is 5.32 Å². The predicted molar refractivity (Wildman–Crippen MR) is 50.4 cm³/mol. The van der Waals surface area contributed by atoms with Crippen LogP contribution in [0.1, 0.15) is 24.8 Å². The van der Waals surface area contributed by atoms with E-state index in [1.54, 1.807) is 12.1 Å². The third-order valence-corrected chi connectivity index (χ3v) is 3.32. The minimum Gasteiger partial charge on any atom is -0.385 e. The number of hydrogen-bond donors (Lipinski definition) is 1. The largest absolute Gasteiger partial charge is 0.385 e. The summed E-state index contributed by atoms with van der Waals surface area (Å²) in [7, 11) is 0. The highest BCUT2D eigenvalue weighted by atomic mass is 19.1. The molecule has 1 aromatic rings. The van der Waals surface area contributed by atoms with Crippen LogP contribution in [0, 0.1) is 5.82 Å². The molecule has 0 bridgehead atoms. The molecule has 2 heteroatoms. The van der Waals surface area contributed by atoms with Crippen LogP contribution in [0.25, 0.3) is 0 Å². The Kier molecular flexibility index (Phi) is 1.27. The monoisotopic (exact) mass is 177 g/mol. The molecule has 1 heterocycles. The minimum atomic E-state index is -0.0257. The van der Waals surface area contributed by atoms with Gasteiger partial charge in [-0.25, -0.2) is 4.39 Å². The molecule has 1 aromatic carbocycles. The number of nitrogens with one attached hydrogen (secondary N) is 1. The van der Waals surface area contributed by atoms with Gasteiger partial charge in [0.1, 0.15) is 5.82 Å². The van der Waals surface area contributed by atoms with Gasteiger partial charge < -0.3 is 5.32 Å². The van der Waals surface area contributed by atoms with Gasteiger partial charge >= 0.3 is 0 Å². The first-order valence-electron chi connectivity index (χ1n) is 4.85. The van der Waals surface area contributed by atoms with Gasteiger partial charge in [-0.15, -0.1) is 0 Å². The Balaban J connectivity index is 2.21. The van der Waals surface area contributed by atoms with E-state index in [2.05, 4.69) is 5.32 Å². The third kappa shape index (κ3) is 0.916. The fourth-order valence-electron chi connectivity index (χ4n) is 2.42. The third-order valence-electron chi connectivity index (χ3n) is 3.32. The molecule has 1 aliphatic carbocycles. The van der Waals surface area contributed by atoms with Crippen LogP contribution in [-0.4, -0.2) is 6.54 Å². The highest BCUT2D eigenvalue weighted by molar-refractivity contribution is 5.59. The zero-order chi connectivity index (χ0) is 8.89. The van der Waals surface area contributed by atoms with E-state index in [4.69, 9.17) is 0 Å². The molecule has 13 heavy (non-hydrogen) atoms. The van der Waals surface area contributed by atoms with E-state index in [-0.39, 0.29) is 11.2 Å². The molecule has 68 valence electrons. The van der Waals surface area contributed by atoms with E-state index in [1.165, 1.54) is 12.8 Å². The second kappa shape index (κ2) is 2.25. The Morgan fingerprint density at radius 2 is 2.08 bits per heavy atom. The molecule has 0 aromatic heterocycles. The number of benzene rings is 1. The maximum atomic E-state index is 13.6. The van der Waals surface area contributed by atoms with Crippen molar-refractivity contribution in [3.05, 3.63) is 29.6 Å². The van der Waals surface area contributed by atoms with Gasteiger partial charge in [-0.2, -0.15) is 0 Å². The van der Waals surface area contributed by atoms with Gasteiger partial charge in [0.15, 0.2) is 0 Å². The van der Waals surface area contributed by atoms with Crippen molar-refractivity contribution >= 4 is 5.69 Å². The highest BCUT2D eigenvalue weighted by Crippen LogP contribution is 2.55. The maximum Gasteiger partial charge on any atom is 0.129 e. The standard InChI is InChI=1S/C11H12FN/c12-8-2-1-3-9-10(8)11(4-5-11)6-7-13-9/h1-3,13H,4-7H2. The molecule has 3 rings (SSSR count). The van der Waals surface area contributed by atoms with Crippen molar-refractivity contribution in [2.24, 2.45) is 0 Å². The summed E-state index contributed by atoms with van der Waals surface area (Å²) in [6, 6.07) is 5.34. The van der Waals surface area contributed by atoms with Crippen LogP contribution in [0.5, 0.6) is 0 Å². The summed E-state index contributed by atoms with van der Waals surface area (Å²) < 4.78 is 13.6. The lowest BCUT2D eigenvalue weighted by molar-refractivity contribution is 0.544.